The van der Waals surface area contributed by atoms with Crippen LogP contribution in [0.5, 0.6) is 17.2 Å². The summed E-state index contributed by atoms with van der Waals surface area (Å²) in [6, 6.07) is 13.3. The molecule has 2 aromatic carbocycles. The second kappa shape index (κ2) is 8.13. The molecule has 1 N–H and O–H groups in total. The molecule has 0 aromatic heterocycles. The summed E-state index contributed by atoms with van der Waals surface area (Å²) < 4.78 is 17.4. The summed E-state index contributed by atoms with van der Waals surface area (Å²) in [5.41, 5.74) is 1.64. The summed E-state index contributed by atoms with van der Waals surface area (Å²) in [7, 11) is 1.63. The molecular formula is C23H29NO4. The number of amides is 1. The lowest BCUT2D eigenvalue weighted by Crippen LogP contribution is -2.44. The standard InChI is InChI=1S/C23H29NO4/c1-6-16-9-7-8-10-20(16)27-15(2)22(25)24-19-14-23(3,4)28-21-12-11-17(26-5)13-18(19)21/h7-13,15,19H,6,14H2,1-5H3,(H,24,25)/t15-,19-/m0/s1. The zero-order valence-electron chi connectivity index (χ0n) is 17.2. The van der Waals surface area contributed by atoms with Crippen molar-refractivity contribution < 1.29 is 19.0 Å². The van der Waals surface area contributed by atoms with Gasteiger partial charge in [0, 0.05) is 12.0 Å². The molecule has 2 atom stereocenters. The van der Waals surface area contributed by atoms with Crippen LogP contribution in [0.2, 0.25) is 0 Å². The number of benzene rings is 2. The summed E-state index contributed by atoms with van der Waals surface area (Å²) in [5, 5.41) is 3.14. The molecule has 3 rings (SSSR count). The molecule has 150 valence electrons. The number of ether oxygens (including phenoxy) is 3. The summed E-state index contributed by atoms with van der Waals surface area (Å²) >= 11 is 0. The molecule has 5 nitrogen and oxygen atoms in total. The average molecular weight is 383 g/mol. The zero-order chi connectivity index (χ0) is 20.3. The summed E-state index contributed by atoms with van der Waals surface area (Å²) in [6.45, 7) is 7.90. The van der Waals surface area contributed by atoms with Crippen LogP contribution in [0.3, 0.4) is 0 Å². The van der Waals surface area contributed by atoms with E-state index in [4.69, 9.17) is 14.2 Å². The van der Waals surface area contributed by atoms with Crippen LogP contribution in [0.4, 0.5) is 0 Å². The van der Waals surface area contributed by atoms with Crippen LogP contribution in [-0.2, 0) is 11.2 Å². The van der Waals surface area contributed by atoms with Crippen molar-refractivity contribution in [3.8, 4) is 17.2 Å². The molecule has 1 aliphatic rings. The van der Waals surface area contributed by atoms with Crippen LogP contribution in [0.25, 0.3) is 0 Å². The minimum atomic E-state index is -0.604. The third kappa shape index (κ3) is 4.41. The number of fused-ring (bicyclic) bond motifs is 1. The lowest BCUT2D eigenvalue weighted by Gasteiger charge is -2.38. The monoisotopic (exact) mass is 383 g/mol. The average Bonchev–Trinajstić information content (AvgIpc) is 2.67. The van der Waals surface area contributed by atoms with E-state index in [0.717, 1.165) is 34.8 Å². The van der Waals surface area contributed by atoms with Gasteiger partial charge in [-0.3, -0.25) is 4.79 Å². The van der Waals surface area contributed by atoms with E-state index in [9.17, 15) is 4.79 Å². The number of nitrogens with one attached hydrogen (secondary N) is 1. The largest absolute Gasteiger partial charge is 0.497 e. The molecule has 1 aliphatic heterocycles. The van der Waals surface area contributed by atoms with Crippen LogP contribution in [-0.4, -0.2) is 24.7 Å². The first-order valence-corrected chi connectivity index (χ1v) is 9.75. The van der Waals surface area contributed by atoms with E-state index in [1.54, 1.807) is 14.0 Å². The number of hydrogen-bond acceptors (Lipinski definition) is 4. The predicted octanol–water partition coefficient (Wildman–Crippen LogP) is 4.44. The molecule has 0 fully saturated rings. The number of rotatable bonds is 6. The Bertz CT molecular complexity index is 846. The van der Waals surface area contributed by atoms with Crippen molar-refractivity contribution in [2.24, 2.45) is 0 Å². The smallest absolute Gasteiger partial charge is 0.261 e. The van der Waals surface area contributed by atoms with Gasteiger partial charge in [-0.2, -0.15) is 0 Å². The van der Waals surface area contributed by atoms with Gasteiger partial charge in [-0.1, -0.05) is 25.1 Å². The number of para-hydroxylation sites is 1. The first-order chi connectivity index (χ1) is 13.3. The van der Waals surface area contributed by atoms with E-state index in [2.05, 4.69) is 12.2 Å². The summed E-state index contributed by atoms with van der Waals surface area (Å²) in [6.07, 6.45) is 0.913. The highest BCUT2D eigenvalue weighted by Crippen LogP contribution is 2.41. The van der Waals surface area contributed by atoms with Gasteiger partial charge in [0.25, 0.3) is 5.91 Å². The third-order valence-corrected chi connectivity index (χ3v) is 5.02. The van der Waals surface area contributed by atoms with Crippen molar-refractivity contribution in [3.05, 3.63) is 53.6 Å². The first kappa shape index (κ1) is 20.1. The Hall–Kier alpha value is -2.69. The van der Waals surface area contributed by atoms with E-state index >= 15 is 0 Å². The fourth-order valence-electron chi connectivity index (χ4n) is 3.53. The Morgan fingerprint density at radius 1 is 1.29 bits per heavy atom. The Kier molecular flexibility index (Phi) is 5.82. The lowest BCUT2D eigenvalue weighted by molar-refractivity contribution is -0.128. The second-order valence-electron chi connectivity index (χ2n) is 7.75. The predicted molar refractivity (Wildman–Crippen MR) is 109 cm³/mol. The number of carbonyl (C=O) groups is 1. The first-order valence-electron chi connectivity index (χ1n) is 9.75. The Morgan fingerprint density at radius 2 is 2.04 bits per heavy atom. The minimum absolute atomic E-state index is 0.151. The Balaban J connectivity index is 1.77. The van der Waals surface area contributed by atoms with E-state index < -0.39 is 6.10 Å². The molecular weight excluding hydrogens is 354 g/mol. The molecule has 1 heterocycles. The molecule has 0 unspecified atom stereocenters. The van der Waals surface area contributed by atoms with Crippen LogP contribution in [0.1, 0.15) is 51.3 Å². The van der Waals surface area contributed by atoms with Gasteiger partial charge in [0.15, 0.2) is 6.10 Å². The molecule has 0 bridgehead atoms. The molecule has 5 heteroatoms. The van der Waals surface area contributed by atoms with E-state index in [1.165, 1.54) is 0 Å². The molecule has 28 heavy (non-hydrogen) atoms. The number of hydrogen-bond donors (Lipinski definition) is 1. The second-order valence-corrected chi connectivity index (χ2v) is 7.75. The van der Waals surface area contributed by atoms with Crippen molar-refractivity contribution in [2.45, 2.75) is 58.3 Å². The van der Waals surface area contributed by atoms with Gasteiger partial charge in [-0.25, -0.2) is 0 Å². The fraction of sp³-hybridized carbons (Fsp3) is 0.435. The van der Waals surface area contributed by atoms with Crippen molar-refractivity contribution in [3.63, 3.8) is 0 Å². The molecule has 1 amide bonds. The van der Waals surface area contributed by atoms with Crippen molar-refractivity contribution in [2.75, 3.05) is 7.11 Å². The van der Waals surface area contributed by atoms with Gasteiger partial charge in [0.1, 0.15) is 22.8 Å². The number of methoxy groups -OCH3 is 1. The molecule has 0 saturated heterocycles. The van der Waals surface area contributed by atoms with Gasteiger partial charge in [-0.05, 0) is 57.0 Å². The minimum Gasteiger partial charge on any atom is -0.497 e. The van der Waals surface area contributed by atoms with Gasteiger partial charge >= 0.3 is 0 Å². The zero-order valence-corrected chi connectivity index (χ0v) is 17.2. The highest BCUT2D eigenvalue weighted by Gasteiger charge is 2.35. The maximum Gasteiger partial charge on any atom is 0.261 e. The van der Waals surface area contributed by atoms with E-state index in [-0.39, 0.29) is 17.6 Å². The van der Waals surface area contributed by atoms with Crippen molar-refractivity contribution in [1.82, 2.24) is 5.32 Å². The number of carbonyl (C=O) groups excluding carboxylic acids is 1. The van der Waals surface area contributed by atoms with Crippen LogP contribution in [0.15, 0.2) is 42.5 Å². The maximum absolute atomic E-state index is 12.9. The highest BCUT2D eigenvalue weighted by molar-refractivity contribution is 5.81. The van der Waals surface area contributed by atoms with Gasteiger partial charge in [0.05, 0.1) is 13.2 Å². The molecule has 2 aromatic rings. The van der Waals surface area contributed by atoms with Crippen molar-refractivity contribution >= 4 is 5.91 Å². The molecule has 0 saturated carbocycles. The van der Waals surface area contributed by atoms with E-state index in [0.29, 0.717) is 6.42 Å². The Labute approximate surface area is 167 Å². The summed E-state index contributed by atoms with van der Waals surface area (Å²) in [4.78, 5) is 12.9. The van der Waals surface area contributed by atoms with Crippen LogP contribution in [0, 0.1) is 0 Å². The third-order valence-electron chi connectivity index (χ3n) is 5.02. The topological polar surface area (TPSA) is 56.8 Å². The SMILES string of the molecule is CCc1ccccc1O[C@@H](C)C(=O)N[C@H]1CC(C)(C)Oc2ccc(OC)cc21. The molecule has 0 radical (unpaired) electrons. The van der Waals surface area contributed by atoms with Crippen molar-refractivity contribution in [1.29, 1.82) is 0 Å². The number of aryl methyl sites for hydroxylation is 1. The molecule has 0 aliphatic carbocycles. The lowest BCUT2D eigenvalue weighted by atomic mass is 9.89. The highest BCUT2D eigenvalue weighted by atomic mass is 16.5. The van der Waals surface area contributed by atoms with Crippen LogP contribution < -0.4 is 19.5 Å². The summed E-state index contributed by atoms with van der Waals surface area (Å²) in [5.74, 6) is 2.11. The maximum atomic E-state index is 12.9. The van der Waals surface area contributed by atoms with Crippen LogP contribution >= 0.6 is 0 Å². The van der Waals surface area contributed by atoms with Gasteiger partial charge in [-0.15, -0.1) is 0 Å². The van der Waals surface area contributed by atoms with Gasteiger partial charge < -0.3 is 19.5 Å². The normalized spacial score (nSPS) is 18.4. The van der Waals surface area contributed by atoms with Gasteiger partial charge in [0.2, 0.25) is 0 Å². The fourth-order valence-corrected chi connectivity index (χ4v) is 3.53. The quantitative estimate of drug-likeness (QED) is 0.801. The van der Waals surface area contributed by atoms with E-state index in [1.807, 2.05) is 56.3 Å². The molecule has 0 spiro atoms. The Morgan fingerprint density at radius 3 is 2.75 bits per heavy atom.